The Morgan fingerprint density at radius 2 is 2.00 bits per heavy atom. The Balaban J connectivity index is 1.54. The number of carbonyl (C=O) groups is 1. The third-order valence-corrected chi connectivity index (χ3v) is 7.26. The van der Waals surface area contributed by atoms with Crippen LogP contribution in [0.4, 0.5) is 0 Å². The van der Waals surface area contributed by atoms with Gasteiger partial charge in [0.1, 0.15) is 18.0 Å². The Morgan fingerprint density at radius 3 is 2.68 bits per heavy atom. The summed E-state index contributed by atoms with van der Waals surface area (Å²) in [5, 5.41) is 39.3. The van der Waals surface area contributed by atoms with Crippen LogP contribution < -0.4 is 15.4 Å². The Morgan fingerprint density at radius 1 is 1.24 bits per heavy atom. The largest absolute Gasteiger partial charge is 0.497 e. The van der Waals surface area contributed by atoms with E-state index in [1.807, 2.05) is 19.9 Å². The van der Waals surface area contributed by atoms with Crippen molar-refractivity contribution < 1.29 is 39.1 Å². The molecule has 1 aromatic carbocycles. The van der Waals surface area contributed by atoms with Gasteiger partial charge in [0.25, 0.3) is 0 Å². The van der Waals surface area contributed by atoms with Gasteiger partial charge in [-0.2, -0.15) is 0 Å². The lowest BCUT2D eigenvalue weighted by atomic mass is 9.74. The van der Waals surface area contributed by atoms with Crippen LogP contribution in [0, 0.1) is 5.92 Å². The lowest BCUT2D eigenvalue weighted by molar-refractivity contribution is -0.450. The van der Waals surface area contributed by atoms with Crippen LogP contribution in [0.25, 0.3) is 0 Å². The van der Waals surface area contributed by atoms with Crippen LogP contribution in [0.2, 0.25) is 0 Å². The number of benzene rings is 1. The van der Waals surface area contributed by atoms with Gasteiger partial charge in [-0.05, 0) is 44.5 Å². The summed E-state index contributed by atoms with van der Waals surface area (Å²) in [6.07, 6.45) is -4.18. The van der Waals surface area contributed by atoms with Crippen molar-refractivity contribution in [3.63, 3.8) is 0 Å². The highest BCUT2D eigenvalue weighted by Gasteiger charge is 2.63. The van der Waals surface area contributed by atoms with Crippen molar-refractivity contribution in [2.75, 3.05) is 14.2 Å². The van der Waals surface area contributed by atoms with E-state index in [9.17, 15) is 20.1 Å². The molecular weight excluding hydrogens is 444 g/mol. The van der Waals surface area contributed by atoms with E-state index in [1.165, 1.54) is 0 Å². The molecule has 3 unspecified atom stereocenters. The number of aliphatic hydroxyl groups excluding tert-OH is 2. The molecule has 5 N–H and O–H groups in total. The van der Waals surface area contributed by atoms with Gasteiger partial charge in [-0.15, -0.1) is 0 Å². The first-order chi connectivity index (χ1) is 16.2. The topological polar surface area (TPSA) is 139 Å². The van der Waals surface area contributed by atoms with Crippen molar-refractivity contribution >= 4 is 5.91 Å². The molecular formula is C24H36N2O8. The van der Waals surface area contributed by atoms with Gasteiger partial charge >= 0.3 is 0 Å². The highest BCUT2D eigenvalue weighted by molar-refractivity contribution is 5.79. The van der Waals surface area contributed by atoms with Crippen molar-refractivity contribution in [1.29, 1.82) is 0 Å². The lowest BCUT2D eigenvalue weighted by Gasteiger charge is -2.58. The van der Waals surface area contributed by atoms with Crippen molar-refractivity contribution in [3.8, 4) is 5.75 Å². The summed E-state index contributed by atoms with van der Waals surface area (Å²) in [5.41, 5.74) is 0.765. The maximum atomic E-state index is 12.9. The van der Waals surface area contributed by atoms with E-state index >= 15 is 0 Å². The number of aliphatic hydroxyl groups is 3. The monoisotopic (exact) mass is 480 g/mol. The number of hydrogen-bond donors (Lipinski definition) is 5. The van der Waals surface area contributed by atoms with Crippen LogP contribution in [-0.2, 0) is 25.4 Å². The first-order valence-electron chi connectivity index (χ1n) is 11.9. The van der Waals surface area contributed by atoms with E-state index in [1.54, 1.807) is 32.4 Å². The van der Waals surface area contributed by atoms with E-state index in [4.69, 9.17) is 18.9 Å². The second kappa shape index (κ2) is 10.1. The molecule has 0 bridgehead atoms. The smallest absolute Gasteiger partial charge is 0.239 e. The van der Waals surface area contributed by atoms with Crippen molar-refractivity contribution in [2.45, 2.75) is 87.8 Å². The average Bonchev–Trinajstić information content (AvgIpc) is 2.80. The highest BCUT2D eigenvalue weighted by atomic mass is 16.8. The maximum absolute atomic E-state index is 12.9. The summed E-state index contributed by atoms with van der Waals surface area (Å²) in [5.74, 6) is -2.07. The van der Waals surface area contributed by atoms with E-state index in [2.05, 4.69) is 10.6 Å². The summed E-state index contributed by atoms with van der Waals surface area (Å²) in [7, 11) is 3.24. The standard InChI is InChI=1S/C24H36N2O8/c1-5-15-19(28)18(25-3)21-22(20(15)29)33-23-24(30,34-21)16(9-12(2)32-23)26-17(27)11-13-7-6-8-14(10-13)31-4/h6-8,10,12,15-16,18-23,25,28-30H,5,9,11H2,1-4H3,(H,26,27)/t12-,15-,16-,18+,19+,20+,21?,22?,23?,24+/m1/s1. The third-order valence-electron chi connectivity index (χ3n) is 7.26. The number of fused-ring (bicyclic) bond motifs is 2. The van der Waals surface area contributed by atoms with E-state index in [-0.39, 0.29) is 18.4 Å². The molecule has 34 heavy (non-hydrogen) atoms. The van der Waals surface area contributed by atoms with Gasteiger partial charge in [0.05, 0.1) is 43.9 Å². The zero-order valence-electron chi connectivity index (χ0n) is 20.0. The first kappa shape index (κ1) is 25.3. The van der Waals surface area contributed by atoms with Gasteiger partial charge in [-0.1, -0.05) is 19.1 Å². The highest BCUT2D eigenvalue weighted by Crippen LogP contribution is 2.43. The molecule has 0 aromatic heterocycles. The first-order valence-corrected chi connectivity index (χ1v) is 11.9. The van der Waals surface area contributed by atoms with E-state index < -0.39 is 54.5 Å². The van der Waals surface area contributed by atoms with Crippen LogP contribution in [0.1, 0.15) is 32.3 Å². The molecule has 190 valence electrons. The van der Waals surface area contributed by atoms with Crippen LogP contribution in [0.3, 0.4) is 0 Å². The minimum absolute atomic E-state index is 0.0886. The molecule has 0 radical (unpaired) electrons. The fraction of sp³-hybridized carbons (Fsp3) is 0.708. The molecule has 2 heterocycles. The van der Waals surface area contributed by atoms with Crippen LogP contribution in [0.15, 0.2) is 24.3 Å². The molecule has 10 heteroatoms. The van der Waals surface area contributed by atoms with E-state index in [0.717, 1.165) is 5.56 Å². The molecule has 10 nitrogen and oxygen atoms in total. The summed E-state index contributed by atoms with van der Waals surface area (Å²) >= 11 is 0. The molecule has 3 fully saturated rings. The Bertz CT molecular complexity index is 871. The fourth-order valence-electron chi connectivity index (χ4n) is 5.45. The second-order valence-electron chi connectivity index (χ2n) is 9.47. The lowest BCUT2D eigenvalue weighted by Crippen LogP contribution is -2.77. The van der Waals surface area contributed by atoms with Gasteiger partial charge in [-0.3, -0.25) is 4.79 Å². The molecule has 1 saturated carbocycles. The van der Waals surface area contributed by atoms with Crippen molar-refractivity contribution in [3.05, 3.63) is 29.8 Å². The van der Waals surface area contributed by atoms with Gasteiger partial charge in [0, 0.05) is 5.92 Å². The van der Waals surface area contributed by atoms with Gasteiger partial charge in [-0.25, -0.2) is 0 Å². The molecule has 2 saturated heterocycles. The van der Waals surface area contributed by atoms with Gasteiger partial charge < -0.3 is 44.9 Å². The second-order valence-corrected chi connectivity index (χ2v) is 9.47. The normalized spacial score (nSPS) is 41.8. The van der Waals surface area contributed by atoms with Crippen LogP contribution >= 0.6 is 0 Å². The van der Waals surface area contributed by atoms with Gasteiger partial charge in [0.2, 0.25) is 18.0 Å². The summed E-state index contributed by atoms with van der Waals surface area (Å²) in [6.45, 7) is 3.71. The maximum Gasteiger partial charge on any atom is 0.239 e. The van der Waals surface area contributed by atoms with Crippen LogP contribution in [0.5, 0.6) is 5.75 Å². The van der Waals surface area contributed by atoms with Gasteiger partial charge in [0.15, 0.2) is 0 Å². The molecule has 1 aromatic rings. The van der Waals surface area contributed by atoms with E-state index in [0.29, 0.717) is 18.6 Å². The zero-order valence-corrected chi connectivity index (χ0v) is 20.0. The number of carbonyl (C=O) groups excluding carboxylic acids is 1. The molecule has 3 aliphatic rings. The Labute approximate surface area is 199 Å². The molecule has 2 aliphatic heterocycles. The number of ether oxygens (including phenoxy) is 4. The predicted octanol–water partition coefficient (Wildman–Crippen LogP) is -0.320. The third kappa shape index (κ3) is 4.56. The van der Waals surface area contributed by atoms with Crippen LogP contribution in [-0.4, -0.2) is 90.1 Å². The number of likely N-dealkylation sites (N-methyl/N-ethyl adjacent to an activating group) is 1. The molecule has 1 aliphatic carbocycles. The quantitative estimate of drug-likeness (QED) is 0.371. The van der Waals surface area contributed by atoms with Crippen molar-refractivity contribution in [2.24, 2.45) is 5.92 Å². The minimum Gasteiger partial charge on any atom is -0.497 e. The summed E-state index contributed by atoms with van der Waals surface area (Å²) in [4.78, 5) is 12.9. The molecule has 4 rings (SSSR count). The number of hydrogen-bond acceptors (Lipinski definition) is 9. The van der Waals surface area contributed by atoms with Crippen molar-refractivity contribution in [1.82, 2.24) is 10.6 Å². The number of rotatable bonds is 6. The molecule has 0 spiro atoms. The molecule has 10 atom stereocenters. The number of nitrogens with one attached hydrogen (secondary N) is 2. The Kier molecular flexibility index (Phi) is 7.49. The predicted molar refractivity (Wildman–Crippen MR) is 121 cm³/mol. The number of amides is 1. The zero-order chi connectivity index (χ0) is 24.6. The minimum atomic E-state index is -1.99. The fourth-order valence-corrected chi connectivity index (χ4v) is 5.45. The summed E-state index contributed by atoms with van der Waals surface area (Å²) < 4.78 is 23.3. The summed E-state index contributed by atoms with van der Waals surface area (Å²) in [6, 6.07) is 5.80. The number of methoxy groups -OCH3 is 1. The average molecular weight is 481 g/mol. The Hall–Kier alpha value is -1.79. The molecule has 1 amide bonds. The SMILES string of the molecule is CC[C@@H]1[C@H](O)[C@H](NC)C2O[C@]3(O)C(OC2[C@H]1O)O[C@H](C)C[C@H]3NC(=O)Cc1cccc(OC)c1.